The summed E-state index contributed by atoms with van der Waals surface area (Å²) in [6.45, 7) is 3.97. The van der Waals surface area contributed by atoms with Crippen molar-refractivity contribution in [2.75, 3.05) is 6.54 Å². The second-order valence-electron chi connectivity index (χ2n) is 4.42. The van der Waals surface area contributed by atoms with E-state index in [4.69, 9.17) is 5.73 Å². The lowest BCUT2D eigenvalue weighted by atomic mass is 10.0. The molecule has 3 nitrogen and oxygen atoms in total. The molecule has 3 N–H and O–H groups in total. The van der Waals surface area contributed by atoms with Crippen LogP contribution in [0.25, 0.3) is 0 Å². The van der Waals surface area contributed by atoms with Crippen molar-refractivity contribution < 1.29 is 9.18 Å². The van der Waals surface area contributed by atoms with Crippen molar-refractivity contribution in [3.8, 4) is 0 Å². The third kappa shape index (κ3) is 5.89. The van der Waals surface area contributed by atoms with Crippen LogP contribution in [0.1, 0.15) is 19.4 Å². The number of rotatable bonds is 5. The van der Waals surface area contributed by atoms with Gasteiger partial charge in [0, 0.05) is 23.0 Å². The molecule has 0 aliphatic carbocycles. The van der Waals surface area contributed by atoms with Crippen molar-refractivity contribution in [2.45, 2.75) is 26.3 Å². The van der Waals surface area contributed by atoms with Crippen molar-refractivity contribution in [3.63, 3.8) is 0 Å². The summed E-state index contributed by atoms with van der Waals surface area (Å²) in [6.07, 6.45) is 0.461. The monoisotopic (exact) mass is 352 g/mol. The van der Waals surface area contributed by atoms with E-state index in [0.29, 0.717) is 18.5 Å². The minimum Gasteiger partial charge on any atom is -0.355 e. The van der Waals surface area contributed by atoms with Crippen LogP contribution in [0.3, 0.4) is 0 Å². The highest BCUT2D eigenvalue weighted by Gasteiger charge is 2.16. The number of nitrogens with two attached hydrogens (primary N) is 1. The fraction of sp³-hybridized carbons (Fsp3) is 0.462. The van der Waals surface area contributed by atoms with E-state index >= 15 is 0 Å². The van der Waals surface area contributed by atoms with Crippen molar-refractivity contribution >= 4 is 34.2 Å². The molecule has 1 aromatic carbocycles. The first-order chi connectivity index (χ1) is 8.41. The van der Waals surface area contributed by atoms with E-state index < -0.39 is 0 Å². The maximum Gasteiger partial charge on any atom is 0.224 e. The first kappa shape index (κ1) is 18.4. The molecule has 0 spiro atoms. The molecule has 0 bridgehead atoms. The van der Waals surface area contributed by atoms with Crippen LogP contribution < -0.4 is 11.1 Å². The second kappa shape index (κ2) is 8.51. The molecule has 0 saturated heterocycles. The van der Waals surface area contributed by atoms with Gasteiger partial charge in [-0.15, -0.1) is 12.4 Å². The predicted molar refractivity (Wildman–Crippen MR) is 80.9 cm³/mol. The SMILES string of the molecule is CC(N)C(C)C(=O)NCCc1cc(Br)ccc1F.Cl. The first-order valence-electron chi connectivity index (χ1n) is 5.89. The average molecular weight is 354 g/mol. The van der Waals surface area contributed by atoms with Crippen LogP contribution >= 0.6 is 28.3 Å². The molecule has 0 saturated carbocycles. The van der Waals surface area contributed by atoms with E-state index in [9.17, 15) is 9.18 Å². The fourth-order valence-electron chi connectivity index (χ4n) is 1.46. The van der Waals surface area contributed by atoms with E-state index in [1.165, 1.54) is 6.07 Å². The van der Waals surface area contributed by atoms with Gasteiger partial charge in [-0.25, -0.2) is 4.39 Å². The maximum atomic E-state index is 13.4. The number of nitrogens with one attached hydrogen (secondary N) is 1. The lowest BCUT2D eigenvalue weighted by Crippen LogP contribution is -2.39. The largest absolute Gasteiger partial charge is 0.355 e. The number of carbonyl (C=O) groups is 1. The number of benzene rings is 1. The Morgan fingerprint density at radius 1 is 1.47 bits per heavy atom. The molecule has 1 amide bonds. The van der Waals surface area contributed by atoms with E-state index in [2.05, 4.69) is 21.2 Å². The molecule has 0 aromatic heterocycles. The Hall–Kier alpha value is -0.650. The Balaban J connectivity index is 0.00000324. The number of halogens is 3. The van der Waals surface area contributed by atoms with Crippen LogP contribution in [0.15, 0.2) is 22.7 Å². The second-order valence-corrected chi connectivity index (χ2v) is 5.34. The van der Waals surface area contributed by atoms with Crippen LogP contribution in [-0.2, 0) is 11.2 Å². The molecule has 19 heavy (non-hydrogen) atoms. The Kier molecular flexibility index (Phi) is 8.22. The molecule has 1 rings (SSSR count). The van der Waals surface area contributed by atoms with Crippen LogP contribution in [0.2, 0.25) is 0 Å². The summed E-state index contributed by atoms with van der Waals surface area (Å²) >= 11 is 3.29. The first-order valence-corrected chi connectivity index (χ1v) is 6.68. The normalized spacial score (nSPS) is 13.3. The highest BCUT2D eigenvalue weighted by Crippen LogP contribution is 2.15. The third-order valence-electron chi connectivity index (χ3n) is 2.90. The number of amides is 1. The fourth-order valence-corrected chi connectivity index (χ4v) is 1.86. The van der Waals surface area contributed by atoms with Gasteiger partial charge in [-0.05, 0) is 37.1 Å². The van der Waals surface area contributed by atoms with Gasteiger partial charge in [0.05, 0.1) is 0 Å². The van der Waals surface area contributed by atoms with Crippen molar-refractivity contribution in [1.29, 1.82) is 0 Å². The van der Waals surface area contributed by atoms with Crippen LogP contribution in [0.4, 0.5) is 4.39 Å². The molecular formula is C13H19BrClFN2O. The molecule has 2 atom stereocenters. The molecule has 6 heteroatoms. The van der Waals surface area contributed by atoms with Gasteiger partial charge in [-0.3, -0.25) is 4.79 Å². The van der Waals surface area contributed by atoms with Crippen molar-refractivity contribution in [2.24, 2.45) is 11.7 Å². The molecule has 108 valence electrons. The van der Waals surface area contributed by atoms with Crippen molar-refractivity contribution in [1.82, 2.24) is 5.32 Å². The number of hydrogen-bond acceptors (Lipinski definition) is 2. The van der Waals surface area contributed by atoms with Gasteiger partial charge in [0.2, 0.25) is 5.91 Å². The summed E-state index contributed by atoms with van der Waals surface area (Å²) < 4.78 is 14.3. The van der Waals surface area contributed by atoms with Crippen LogP contribution in [-0.4, -0.2) is 18.5 Å². The summed E-state index contributed by atoms with van der Waals surface area (Å²) in [5.41, 5.74) is 6.22. The summed E-state index contributed by atoms with van der Waals surface area (Å²) in [7, 11) is 0. The van der Waals surface area contributed by atoms with Gasteiger partial charge in [-0.1, -0.05) is 22.9 Å². The van der Waals surface area contributed by atoms with E-state index in [0.717, 1.165) is 4.47 Å². The molecule has 0 aliphatic rings. The topological polar surface area (TPSA) is 55.1 Å². The maximum absolute atomic E-state index is 13.4. The van der Waals surface area contributed by atoms with Gasteiger partial charge in [0.15, 0.2) is 0 Å². The molecule has 0 heterocycles. The average Bonchev–Trinajstić information content (AvgIpc) is 2.32. The molecule has 0 fully saturated rings. The van der Waals surface area contributed by atoms with E-state index in [1.54, 1.807) is 26.0 Å². The summed E-state index contributed by atoms with van der Waals surface area (Å²) in [5.74, 6) is -0.592. The molecule has 1 aromatic rings. The highest BCUT2D eigenvalue weighted by molar-refractivity contribution is 9.10. The molecule has 0 aliphatic heterocycles. The Morgan fingerprint density at radius 3 is 2.68 bits per heavy atom. The van der Waals surface area contributed by atoms with E-state index in [1.807, 2.05) is 0 Å². The number of hydrogen-bond donors (Lipinski definition) is 2. The molecule has 0 radical (unpaired) electrons. The quantitative estimate of drug-likeness (QED) is 0.855. The summed E-state index contributed by atoms with van der Waals surface area (Å²) in [4.78, 5) is 11.6. The minimum absolute atomic E-state index is 0. The zero-order chi connectivity index (χ0) is 13.7. The van der Waals surface area contributed by atoms with Gasteiger partial charge >= 0.3 is 0 Å². The Labute approximate surface area is 127 Å². The zero-order valence-corrected chi connectivity index (χ0v) is 13.4. The molecule has 2 unspecified atom stereocenters. The zero-order valence-electron chi connectivity index (χ0n) is 11.0. The Bertz CT molecular complexity index is 429. The van der Waals surface area contributed by atoms with Gasteiger partial charge in [-0.2, -0.15) is 0 Å². The summed E-state index contributed by atoms with van der Waals surface area (Å²) in [5, 5.41) is 2.76. The van der Waals surface area contributed by atoms with E-state index in [-0.39, 0.29) is 36.1 Å². The third-order valence-corrected chi connectivity index (χ3v) is 3.40. The van der Waals surface area contributed by atoms with Crippen LogP contribution in [0, 0.1) is 11.7 Å². The highest BCUT2D eigenvalue weighted by atomic mass is 79.9. The van der Waals surface area contributed by atoms with Crippen LogP contribution in [0.5, 0.6) is 0 Å². The van der Waals surface area contributed by atoms with Gasteiger partial charge in [0.1, 0.15) is 5.82 Å². The lowest BCUT2D eigenvalue weighted by molar-refractivity contribution is -0.124. The predicted octanol–water partition coefficient (Wildman–Crippen LogP) is 2.65. The van der Waals surface area contributed by atoms with Gasteiger partial charge in [0.25, 0.3) is 0 Å². The lowest BCUT2D eigenvalue weighted by Gasteiger charge is -2.15. The van der Waals surface area contributed by atoms with Crippen molar-refractivity contribution in [3.05, 3.63) is 34.1 Å². The smallest absolute Gasteiger partial charge is 0.224 e. The number of carbonyl (C=O) groups excluding carboxylic acids is 1. The minimum atomic E-state index is -0.257. The Morgan fingerprint density at radius 2 is 2.11 bits per heavy atom. The summed E-state index contributed by atoms with van der Waals surface area (Å²) in [6, 6.07) is 4.59. The van der Waals surface area contributed by atoms with Gasteiger partial charge < -0.3 is 11.1 Å². The standard InChI is InChI=1S/C13H18BrFN2O.ClH/c1-8(9(2)16)13(18)17-6-5-10-7-11(14)3-4-12(10)15;/h3-4,7-9H,5-6,16H2,1-2H3,(H,17,18);1H. The molecular weight excluding hydrogens is 335 g/mol.